The Bertz CT molecular complexity index is 958. The van der Waals surface area contributed by atoms with Crippen LogP contribution in [0.2, 0.25) is 0 Å². The molecule has 1 N–H and O–H groups in total. The monoisotopic (exact) mass is 458 g/mol. The second-order valence-electron chi connectivity index (χ2n) is 6.70. The molecule has 2 aromatic rings. The van der Waals surface area contributed by atoms with Crippen molar-refractivity contribution in [2.24, 2.45) is 5.92 Å². The molecule has 29 heavy (non-hydrogen) atoms. The molecule has 0 unspecified atom stereocenters. The van der Waals surface area contributed by atoms with Gasteiger partial charge in [-0.05, 0) is 30.7 Å². The van der Waals surface area contributed by atoms with Gasteiger partial charge in [0.2, 0.25) is 5.91 Å². The second-order valence-corrected chi connectivity index (χ2v) is 7.61. The summed E-state index contributed by atoms with van der Waals surface area (Å²) in [5, 5.41) is 1.12. The highest BCUT2D eigenvalue weighted by Gasteiger charge is 2.36. The smallest absolute Gasteiger partial charge is 0.311 e. The van der Waals surface area contributed by atoms with Crippen molar-refractivity contribution in [3.05, 3.63) is 69.7 Å². The van der Waals surface area contributed by atoms with Crippen LogP contribution in [0.3, 0.4) is 0 Å². The molecule has 1 heterocycles. The van der Waals surface area contributed by atoms with E-state index in [1.165, 1.54) is 0 Å². The molecule has 0 bridgehead atoms. The number of rotatable bonds is 6. The Hall–Kier alpha value is -3.00. The van der Waals surface area contributed by atoms with Gasteiger partial charge >= 0.3 is 5.97 Å². The Morgan fingerprint density at radius 1 is 1.14 bits per heavy atom. The van der Waals surface area contributed by atoms with Crippen LogP contribution >= 0.6 is 15.9 Å². The van der Waals surface area contributed by atoms with Gasteiger partial charge in [0.25, 0.3) is 5.91 Å². The van der Waals surface area contributed by atoms with E-state index < -0.39 is 24.4 Å². The molecule has 1 aliphatic heterocycles. The topological polar surface area (TPSA) is 92.8 Å². The average molecular weight is 459 g/mol. The number of hydrazine groups is 1. The number of carbonyl (C=O) groups is 4. The fourth-order valence-corrected chi connectivity index (χ4v) is 3.22. The Kier molecular flexibility index (Phi) is 6.43. The fraction of sp³-hybridized carbons (Fsp3) is 0.238. The quantitative estimate of drug-likeness (QED) is 0.530. The van der Waals surface area contributed by atoms with E-state index in [-0.39, 0.29) is 24.7 Å². The number of nitrogens with zero attached hydrogens (tertiary/aromatic N) is 1. The van der Waals surface area contributed by atoms with Crippen LogP contribution in [-0.2, 0) is 14.3 Å². The summed E-state index contributed by atoms with van der Waals surface area (Å²) < 4.78 is 5.92. The predicted octanol–water partition coefficient (Wildman–Crippen LogP) is 2.68. The van der Waals surface area contributed by atoms with Crippen LogP contribution in [0.4, 0.5) is 0 Å². The standard InChI is InChI=1S/C21H19BrN2O5/c1-13-4-2-3-5-17(13)20(27)23-24-11-15(10-19(24)26)21(28)29-12-18(25)14-6-8-16(22)9-7-14/h2-9,15H,10-12H2,1H3,(H,23,27)/t15-/m1/s1. The lowest BCUT2D eigenvalue weighted by Gasteiger charge is -2.18. The van der Waals surface area contributed by atoms with Crippen molar-refractivity contribution < 1.29 is 23.9 Å². The van der Waals surface area contributed by atoms with E-state index in [1.54, 1.807) is 49.4 Å². The van der Waals surface area contributed by atoms with Gasteiger partial charge in [-0.15, -0.1) is 0 Å². The number of hydrogen-bond acceptors (Lipinski definition) is 5. The van der Waals surface area contributed by atoms with Gasteiger partial charge in [0.05, 0.1) is 12.5 Å². The Morgan fingerprint density at radius 2 is 1.83 bits per heavy atom. The fourth-order valence-electron chi connectivity index (χ4n) is 2.96. The Labute approximate surface area is 176 Å². The van der Waals surface area contributed by atoms with Gasteiger partial charge in [0.1, 0.15) is 0 Å². The highest BCUT2D eigenvalue weighted by Crippen LogP contribution is 2.19. The molecule has 1 atom stereocenters. The predicted molar refractivity (Wildman–Crippen MR) is 108 cm³/mol. The molecule has 0 aromatic heterocycles. The first-order chi connectivity index (χ1) is 13.8. The zero-order valence-electron chi connectivity index (χ0n) is 15.7. The first-order valence-corrected chi connectivity index (χ1v) is 9.77. The van der Waals surface area contributed by atoms with Crippen LogP contribution in [0.5, 0.6) is 0 Å². The number of carbonyl (C=O) groups excluding carboxylic acids is 4. The normalized spacial score (nSPS) is 15.9. The summed E-state index contributed by atoms with van der Waals surface area (Å²) in [6, 6.07) is 13.7. The van der Waals surface area contributed by atoms with Gasteiger partial charge in [-0.2, -0.15) is 0 Å². The summed E-state index contributed by atoms with van der Waals surface area (Å²) in [5.74, 6) is -2.52. The molecule has 1 aliphatic rings. The summed E-state index contributed by atoms with van der Waals surface area (Å²) >= 11 is 3.29. The van der Waals surface area contributed by atoms with E-state index in [0.717, 1.165) is 15.0 Å². The third-order valence-electron chi connectivity index (χ3n) is 4.60. The first kappa shape index (κ1) is 20.7. The summed E-state index contributed by atoms with van der Waals surface area (Å²) in [6.45, 7) is 1.39. The van der Waals surface area contributed by atoms with Gasteiger partial charge in [-0.3, -0.25) is 29.6 Å². The van der Waals surface area contributed by atoms with Crippen LogP contribution < -0.4 is 5.43 Å². The zero-order valence-corrected chi connectivity index (χ0v) is 17.3. The van der Waals surface area contributed by atoms with Crippen molar-refractivity contribution in [1.29, 1.82) is 0 Å². The van der Waals surface area contributed by atoms with Gasteiger partial charge in [0, 0.05) is 22.0 Å². The number of halogens is 1. The van der Waals surface area contributed by atoms with E-state index in [2.05, 4.69) is 21.4 Å². The van der Waals surface area contributed by atoms with Crippen LogP contribution in [-0.4, -0.2) is 41.7 Å². The summed E-state index contributed by atoms with van der Waals surface area (Å²) in [7, 11) is 0. The minimum atomic E-state index is -0.739. The third kappa shape index (κ3) is 5.08. The first-order valence-electron chi connectivity index (χ1n) is 8.97. The largest absolute Gasteiger partial charge is 0.457 e. The molecule has 2 amide bonds. The average Bonchev–Trinajstić information content (AvgIpc) is 3.07. The van der Waals surface area contributed by atoms with E-state index in [1.807, 2.05) is 6.07 Å². The number of esters is 1. The molecule has 8 heteroatoms. The van der Waals surface area contributed by atoms with E-state index in [9.17, 15) is 19.2 Å². The Balaban J connectivity index is 1.53. The van der Waals surface area contributed by atoms with Crippen molar-refractivity contribution in [1.82, 2.24) is 10.4 Å². The second kappa shape index (κ2) is 9.00. The SMILES string of the molecule is Cc1ccccc1C(=O)NN1C[C@H](C(=O)OCC(=O)c2ccc(Br)cc2)CC1=O. The third-order valence-corrected chi connectivity index (χ3v) is 5.12. The maximum absolute atomic E-state index is 12.4. The van der Waals surface area contributed by atoms with E-state index in [0.29, 0.717) is 11.1 Å². The highest BCUT2D eigenvalue weighted by atomic mass is 79.9. The molecular formula is C21H19BrN2O5. The summed E-state index contributed by atoms with van der Waals surface area (Å²) in [5.41, 5.74) is 4.19. The van der Waals surface area contributed by atoms with Gasteiger partial charge < -0.3 is 4.74 Å². The molecule has 0 aliphatic carbocycles. The molecule has 7 nitrogen and oxygen atoms in total. The number of ether oxygens (including phenoxy) is 1. The molecule has 1 saturated heterocycles. The number of nitrogens with one attached hydrogen (secondary N) is 1. The number of aryl methyl sites for hydroxylation is 1. The minimum Gasteiger partial charge on any atom is -0.457 e. The minimum absolute atomic E-state index is 0.00175. The molecule has 0 saturated carbocycles. The summed E-state index contributed by atoms with van der Waals surface area (Å²) in [4.78, 5) is 48.9. The Morgan fingerprint density at radius 3 is 2.52 bits per heavy atom. The number of Topliss-reactive ketones (excluding diaryl/α,β-unsaturated/α-hetero) is 1. The van der Waals surface area contributed by atoms with Crippen molar-refractivity contribution in [3.8, 4) is 0 Å². The van der Waals surface area contributed by atoms with Crippen molar-refractivity contribution >= 4 is 39.5 Å². The molecule has 0 radical (unpaired) electrons. The molecule has 3 rings (SSSR count). The number of benzene rings is 2. The molecule has 2 aromatic carbocycles. The van der Waals surface area contributed by atoms with Gasteiger partial charge in [0.15, 0.2) is 12.4 Å². The lowest BCUT2D eigenvalue weighted by molar-refractivity contribution is -0.147. The van der Waals surface area contributed by atoms with Gasteiger partial charge in [-0.25, -0.2) is 0 Å². The zero-order chi connectivity index (χ0) is 21.0. The van der Waals surface area contributed by atoms with E-state index >= 15 is 0 Å². The molecular weight excluding hydrogens is 440 g/mol. The van der Waals surface area contributed by atoms with Crippen LogP contribution in [0.15, 0.2) is 53.0 Å². The number of ketones is 1. The van der Waals surface area contributed by atoms with E-state index in [4.69, 9.17) is 4.74 Å². The molecule has 0 spiro atoms. The van der Waals surface area contributed by atoms with Crippen LogP contribution in [0.25, 0.3) is 0 Å². The molecule has 150 valence electrons. The van der Waals surface area contributed by atoms with Crippen molar-refractivity contribution in [3.63, 3.8) is 0 Å². The maximum Gasteiger partial charge on any atom is 0.311 e. The lowest BCUT2D eigenvalue weighted by atomic mass is 10.1. The molecule has 1 fully saturated rings. The van der Waals surface area contributed by atoms with Crippen LogP contribution in [0.1, 0.15) is 32.7 Å². The number of hydrogen-bond donors (Lipinski definition) is 1. The highest BCUT2D eigenvalue weighted by molar-refractivity contribution is 9.10. The van der Waals surface area contributed by atoms with Crippen LogP contribution in [0, 0.1) is 12.8 Å². The lowest BCUT2D eigenvalue weighted by Crippen LogP contribution is -2.43. The summed E-state index contributed by atoms with van der Waals surface area (Å²) in [6.07, 6.45) is -0.0840. The maximum atomic E-state index is 12.4. The van der Waals surface area contributed by atoms with Crippen molar-refractivity contribution in [2.45, 2.75) is 13.3 Å². The number of amides is 2. The van der Waals surface area contributed by atoms with Gasteiger partial charge in [-0.1, -0.05) is 46.3 Å². The van der Waals surface area contributed by atoms with Crippen molar-refractivity contribution in [2.75, 3.05) is 13.2 Å².